The van der Waals surface area contributed by atoms with E-state index in [2.05, 4.69) is 4.98 Å². The fraction of sp³-hybridized carbons (Fsp3) is 0.462. The zero-order valence-electron chi connectivity index (χ0n) is 10.9. The van der Waals surface area contributed by atoms with Crippen molar-refractivity contribution in [2.45, 2.75) is 26.0 Å². The molecule has 1 aromatic heterocycles. The Morgan fingerprint density at radius 1 is 1.63 bits per heavy atom. The first-order valence-electron chi connectivity index (χ1n) is 6.10. The molecule has 1 aliphatic heterocycles. The lowest BCUT2D eigenvalue weighted by molar-refractivity contribution is -0.172. The molecular formula is C13H16N2O4. The van der Waals surface area contributed by atoms with E-state index >= 15 is 0 Å². The first-order valence-corrected chi connectivity index (χ1v) is 6.10. The van der Waals surface area contributed by atoms with Gasteiger partial charge >= 0.3 is 5.97 Å². The molecule has 19 heavy (non-hydrogen) atoms. The summed E-state index contributed by atoms with van der Waals surface area (Å²) in [7, 11) is 0. The molecule has 2 unspecified atom stereocenters. The highest BCUT2D eigenvalue weighted by molar-refractivity contribution is 5.83. The smallest absolute Gasteiger partial charge is 0.335 e. The minimum Gasteiger partial charge on any atom is -0.479 e. The van der Waals surface area contributed by atoms with Gasteiger partial charge < -0.3 is 14.7 Å². The van der Waals surface area contributed by atoms with Gasteiger partial charge in [-0.1, -0.05) is 0 Å². The first kappa shape index (κ1) is 13.5. The molecule has 0 saturated carbocycles. The van der Waals surface area contributed by atoms with Crippen molar-refractivity contribution in [2.24, 2.45) is 0 Å². The third-order valence-corrected chi connectivity index (χ3v) is 3.31. The summed E-state index contributed by atoms with van der Waals surface area (Å²) in [5, 5.41) is 9.28. The number of hydrogen-bond acceptors (Lipinski definition) is 4. The minimum absolute atomic E-state index is 0.194. The molecule has 0 bridgehead atoms. The maximum Gasteiger partial charge on any atom is 0.335 e. The Morgan fingerprint density at radius 3 is 2.95 bits per heavy atom. The van der Waals surface area contributed by atoms with Gasteiger partial charge in [0.25, 0.3) is 0 Å². The lowest BCUT2D eigenvalue weighted by Crippen LogP contribution is -2.51. The average Bonchev–Trinajstić information content (AvgIpc) is 2.38. The van der Waals surface area contributed by atoms with Crippen molar-refractivity contribution in [3.63, 3.8) is 0 Å². The van der Waals surface area contributed by atoms with Crippen molar-refractivity contribution >= 4 is 11.9 Å². The standard InChI is InChI=1S/C13H16N2O4/c1-3-15-10(16)7-19-12(13(17)18)11(15)9-6-14-5-4-8(9)2/h4-6,11-12H,3,7H2,1-2H3,(H,17,18). The number of aliphatic carboxylic acids is 1. The zero-order chi connectivity index (χ0) is 14.0. The molecule has 1 aliphatic rings. The number of carboxylic acid groups (broad SMARTS) is 1. The van der Waals surface area contributed by atoms with Crippen LogP contribution in [0.15, 0.2) is 18.5 Å². The van der Waals surface area contributed by atoms with Crippen molar-refractivity contribution in [2.75, 3.05) is 13.2 Å². The highest BCUT2D eigenvalue weighted by Gasteiger charge is 2.41. The van der Waals surface area contributed by atoms with Gasteiger partial charge in [0.15, 0.2) is 6.10 Å². The maximum absolute atomic E-state index is 11.9. The van der Waals surface area contributed by atoms with Gasteiger partial charge in [-0.25, -0.2) is 4.79 Å². The van der Waals surface area contributed by atoms with Crippen LogP contribution in [0.5, 0.6) is 0 Å². The van der Waals surface area contributed by atoms with E-state index in [4.69, 9.17) is 4.74 Å². The number of hydrogen-bond donors (Lipinski definition) is 1. The van der Waals surface area contributed by atoms with Crippen molar-refractivity contribution in [1.82, 2.24) is 9.88 Å². The van der Waals surface area contributed by atoms with Crippen LogP contribution in [0.4, 0.5) is 0 Å². The number of likely N-dealkylation sites (N-methyl/N-ethyl adjacent to an activating group) is 1. The Labute approximate surface area is 111 Å². The van der Waals surface area contributed by atoms with E-state index in [1.165, 1.54) is 4.90 Å². The monoisotopic (exact) mass is 264 g/mol. The van der Waals surface area contributed by atoms with Gasteiger partial charge in [0.1, 0.15) is 6.61 Å². The normalized spacial score (nSPS) is 23.5. The summed E-state index contributed by atoms with van der Waals surface area (Å²) in [6, 6.07) is 1.17. The molecule has 0 aliphatic carbocycles. The summed E-state index contributed by atoms with van der Waals surface area (Å²) >= 11 is 0. The maximum atomic E-state index is 11.9. The number of carbonyl (C=O) groups excluding carboxylic acids is 1. The van der Waals surface area contributed by atoms with E-state index in [0.29, 0.717) is 12.1 Å². The molecule has 6 heteroatoms. The Kier molecular flexibility index (Phi) is 3.80. The molecule has 1 fully saturated rings. The topological polar surface area (TPSA) is 79.7 Å². The molecule has 2 rings (SSSR count). The number of carbonyl (C=O) groups is 2. The van der Waals surface area contributed by atoms with Crippen LogP contribution in [0.25, 0.3) is 0 Å². The van der Waals surface area contributed by atoms with E-state index < -0.39 is 18.1 Å². The summed E-state index contributed by atoms with van der Waals surface area (Å²) in [5.41, 5.74) is 1.60. The zero-order valence-corrected chi connectivity index (χ0v) is 10.9. The Morgan fingerprint density at radius 2 is 2.37 bits per heavy atom. The number of ether oxygens (including phenoxy) is 1. The van der Waals surface area contributed by atoms with Crippen LogP contribution in [-0.4, -0.2) is 46.1 Å². The average molecular weight is 264 g/mol. The molecule has 1 N–H and O–H groups in total. The van der Waals surface area contributed by atoms with Gasteiger partial charge in [-0.2, -0.15) is 0 Å². The molecule has 2 atom stereocenters. The summed E-state index contributed by atoms with van der Waals surface area (Å²) in [4.78, 5) is 28.8. The highest BCUT2D eigenvalue weighted by Crippen LogP contribution is 2.31. The predicted molar refractivity (Wildman–Crippen MR) is 66.5 cm³/mol. The number of carboxylic acids is 1. The van der Waals surface area contributed by atoms with E-state index in [0.717, 1.165) is 5.56 Å². The van der Waals surface area contributed by atoms with E-state index in [1.54, 1.807) is 18.5 Å². The van der Waals surface area contributed by atoms with Gasteiger partial charge in [0, 0.05) is 18.9 Å². The molecule has 6 nitrogen and oxygen atoms in total. The van der Waals surface area contributed by atoms with Gasteiger partial charge in [0.05, 0.1) is 6.04 Å². The first-order chi connectivity index (χ1) is 9.06. The molecule has 0 spiro atoms. The van der Waals surface area contributed by atoms with Crippen LogP contribution in [0.2, 0.25) is 0 Å². The van der Waals surface area contributed by atoms with Crippen LogP contribution >= 0.6 is 0 Å². The second-order valence-corrected chi connectivity index (χ2v) is 4.43. The summed E-state index contributed by atoms with van der Waals surface area (Å²) in [6.45, 7) is 3.93. The van der Waals surface area contributed by atoms with Crippen molar-refractivity contribution in [3.05, 3.63) is 29.6 Å². The second-order valence-electron chi connectivity index (χ2n) is 4.43. The van der Waals surface area contributed by atoms with Crippen LogP contribution < -0.4 is 0 Å². The van der Waals surface area contributed by atoms with E-state index in [9.17, 15) is 14.7 Å². The number of pyridine rings is 1. The largest absolute Gasteiger partial charge is 0.479 e. The van der Waals surface area contributed by atoms with Crippen LogP contribution in [0, 0.1) is 6.92 Å². The third-order valence-electron chi connectivity index (χ3n) is 3.31. The molecule has 102 valence electrons. The fourth-order valence-corrected chi connectivity index (χ4v) is 2.35. The number of nitrogens with zero attached hydrogens (tertiary/aromatic N) is 2. The summed E-state index contributed by atoms with van der Waals surface area (Å²) < 4.78 is 5.19. The number of morpholine rings is 1. The van der Waals surface area contributed by atoms with Gasteiger partial charge in [-0.3, -0.25) is 9.78 Å². The third kappa shape index (κ3) is 2.44. The second kappa shape index (κ2) is 5.36. The minimum atomic E-state index is -1.07. The predicted octanol–water partition coefficient (Wildman–Crippen LogP) is 0.763. The van der Waals surface area contributed by atoms with Gasteiger partial charge in [-0.05, 0) is 31.0 Å². The molecule has 0 aromatic carbocycles. The van der Waals surface area contributed by atoms with Crippen LogP contribution in [0.1, 0.15) is 24.1 Å². The molecule has 2 heterocycles. The SMILES string of the molecule is CCN1C(=O)COC(C(=O)O)C1c1cnccc1C. The molecule has 1 saturated heterocycles. The highest BCUT2D eigenvalue weighted by atomic mass is 16.5. The quantitative estimate of drug-likeness (QED) is 0.872. The lowest BCUT2D eigenvalue weighted by Gasteiger charge is -2.39. The number of rotatable bonds is 3. The number of aryl methyl sites for hydroxylation is 1. The molecule has 1 aromatic rings. The summed E-state index contributed by atoms with van der Waals surface area (Å²) in [5.74, 6) is -1.27. The number of amides is 1. The molecule has 1 amide bonds. The molecular weight excluding hydrogens is 248 g/mol. The van der Waals surface area contributed by atoms with Crippen molar-refractivity contribution in [3.8, 4) is 0 Å². The Hall–Kier alpha value is -1.95. The number of aromatic nitrogens is 1. The fourth-order valence-electron chi connectivity index (χ4n) is 2.35. The van der Waals surface area contributed by atoms with E-state index in [1.807, 2.05) is 13.8 Å². The summed E-state index contributed by atoms with van der Waals surface area (Å²) in [6.07, 6.45) is 2.18. The van der Waals surface area contributed by atoms with Gasteiger partial charge in [0.2, 0.25) is 5.91 Å². The Bertz CT molecular complexity index is 501. The van der Waals surface area contributed by atoms with Crippen molar-refractivity contribution < 1.29 is 19.4 Å². The van der Waals surface area contributed by atoms with Gasteiger partial charge in [-0.15, -0.1) is 0 Å². The van der Waals surface area contributed by atoms with Crippen LogP contribution in [-0.2, 0) is 14.3 Å². The van der Waals surface area contributed by atoms with Crippen LogP contribution in [0.3, 0.4) is 0 Å². The van der Waals surface area contributed by atoms with Crippen molar-refractivity contribution in [1.29, 1.82) is 0 Å². The Balaban J connectivity index is 2.47. The lowest BCUT2D eigenvalue weighted by atomic mass is 9.96. The van der Waals surface area contributed by atoms with E-state index in [-0.39, 0.29) is 12.5 Å². The molecule has 0 radical (unpaired) electrons.